The van der Waals surface area contributed by atoms with Crippen LogP contribution < -0.4 is 11.5 Å². The van der Waals surface area contributed by atoms with Gasteiger partial charge in [-0.25, -0.2) is 4.99 Å². The molecule has 1 aliphatic rings. The standard InChI is InChI=1S/C19H23N5OS/c1-2-6-24(12-13-3-4-15(10-20)22-11-13)19(25)14-8-17-16(5-7-26-17)23-18(21)9-14/h3-5,7-8,11H,2,6,9-10,12,20H2,1H3,(H2,21,23). The van der Waals surface area contributed by atoms with Gasteiger partial charge in [-0.1, -0.05) is 13.0 Å². The molecule has 0 bridgehead atoms. The molecule has 0 aliphatic carbocycles. The van der Waals surface area contributed by atoms with E-state index in [2.05, 4.69) is 16.9 Å². The zero-order valence-corrected chi connectivity index (χ0v) is 15.6. The van der Waals surface area contributed by atoms with Crippen LogP contribution in [0.3, 0.4) is 0 Å². The van der Waals surface area contributed by atoms with Crippen molar-refractivity contribution in [1.29, 1.82) is 0 Å². The van der Waals surface area contributed by atoms with Gasteiger partial charge in [0.05, 0.1) is 16.3 Å². The second-order valence-corrected chi connectivity index (χ2v) is 7.16. The Kier molecular flexibility index (Phi) is 5.80. The van der Waals surface area contributed by atoms with E-state index in [0.29, 0.717) is 37.5 Å². The van der Waals surface area contributed by atoms with Crippen molar-refractivity contribution in [3.05, 3.63) is 51.5 Å². The summed E-state index contributed by atoms with van der Waals surface area (Å²) in [6.45, 7) is 3.65. The molecule has 0 spiro atoms. The van der Waals surface area contributed by atoms with E-state index in [4.69, 9.17) is 11.5 Å². The lowest BCUT2D eigenvalue weighted by Gasteiger charge is -2.23. The summed E-state index contributed by atoms with van der Waals surface area (Å²) in [7, 11) is 0. The Morgan fingerprint density at radius 2 is 2.19 bits per heavy atom. The van der Waals surface area contributed by atoms with Crippen molar-refractivity contribution < 1.29 is 4.79 Å². The highest BCUT2D eigenvalue weighted by molar-refractivity contribution is 7.11. The number of fused-ring (bicyclic) bond motifs is 1. The van der Waals surface area contributed by atoms with E-state index in [0.717, 1.165) is 28.2 Å². The molecular formula is C19H23N5OS. The van der Waals surface area contributed by atoms with E-state index in [-0.39, 0.29) is 5.91 Å². The number of rotatable bonds is 6. The molecule has 1 amide bonds. The quantitative estimate of drug-likeness (QED) is 0.818. The lowest BCUT2D eigenvalue weighted by molar-refractivity contribution is -0.127. The molecule has 3 heterocycles. The lowest BCUT2D eigenvalue weighted by atomic mass is 10.1. The Morgan fingerprint density at radius 3 is 2.88 bits per heavy atom. The van der Waals surface area contributed by atoms with E-state index in [9.17, 15) is 4.79 Å². The molecule has 7 heteroatoms. The third kappa shape index (κ3) is 4.17. The first-order valence-electron chi connectivity index (χ1n) is 8.65. The summed E-state index contributed by atoms with van der Waals surface area (Å²) in [6, 6.07) is 5.79. The number of hydrogen-bond donors (Lipinski definition) is 2. The number of thiophene rings is 1. The van der Waals surface area contributed by atoms with Gasteiger partial charge >= 0.3 is 0 Å². The number of amidine groups is 1. The number of aromatic nitrogens is 1. The first kappa shape index (κ1) is 18.3. The average Bonchev–Trinajstić information content (AvgIpc) is 3.00. The van der Waals surface area contributed by atoms with Crippen molar-refractivity contribution in [2.24, 2.45) is 16.5 Å². The Morgan fingerprint density at radius 1 is 1.35 bits per heavy atom. The Hall–Kier alpha value is -2.51. The van der Waals surface area contributed by atoms with Crippen LogP contribution in [-0.4, -0.2) is 28.2 Å². The van der Waals surface area contributed by atoms with Gasteiger partial charge in [0.2, 0.25) is 0 Å². The average molecular weight is 369 g/mol. The van der Waals surface area contributed by atoms with E-state index in [1.165, 1.54) is 0 Å². The third-order valence-electron chi connectivity index (χ3n) is 4.14. The minimum atomic E-state index is -0.00542. The van der Waals surface area contributed by atoms with Crippen molar-refractivity contribution in [3.8, 4) is 0 Å². The Labute approximate surface area is 157 Å². The lowest BCUT2D eigenvalue weighted by Crippen LogP contribution is -2.33. The fourth-order valence-corrected chi connectivity index (χ4v) is 3.65. The maximum absolute atomic E-state index is 13.2. The van der Waals surface area contributed by atoms with Gasteiger partial charge in [0, 0.05) is 37.8 Å². The fourth-order valence-electron chi connectivity index (χ4n) is 2.87. The van der Waals surface area contributed by atoms with Crippen LogP contribution in [0.1, 0.15) is 35.9 Å². The summed E-state index contributed by atoms with van der Waals surface area (Å²) in [6.07, 6.45) is 4.95. The van der Waals surface area contributed by atoms with Crippen molar-refractivity contribution in [1.82, 2.24) is 9.88 Å². The van der Waals surface area contributed by atoms with E-state index >= 15 is 0 Å². The first-order valence-corrected chi connectivity index (χ1v) is 9.53. The van der Waals surface area contributed by atoms with E-state index < -0.39 is 0 Å². The van der Waals surface area contributed by atoms with Crippen molar-refractivity contribution in [2.45, 2.75) is 32.9 Å². The van der Waals surface area contributed by atoms with Crippen LogP contribution in [0.15, 0.2) is 40.3 Å². The number of carbonyl (C=O) groups excluding carboxylic acids is 1. The van der Waals surface area contributed by atoms with E-state index in [1.54, 1.807) is 17.5 Å². The summed E-state index contributed by atoms with van der Waals surface area (Å²) >= 11 is 1.56. The highest BCUT2D eigenvalue weighted by atomic mass is 32.1. The van der Waals surface area contributed by atoms with Crippen molar-refractivity contribution in [3.63, 3.8) is 0 Å². The second kappa shape index (κ2) is 8.25. The maximum Gasteiger partial charge on any atom is 0.250 e. The number of pyridine rings is 1. The molecule has 2 aromatic heterocycles. The molecule has 26 heavy (non-hydrogen) atoms. The zero-order chi connectivity index (χ0) is 18.5. The van der Waals surface area contributed by atoms with Gasteiger partial charge in [0.15, 0.2) is 0 Å². The first-order chi connectivity index (χ1) is 12.6. The SMILES string of the molecule is CCCN(Cc1ccc(CN)nc1)C(=O)C1=Cc2sccc2N=C(N)C1. The van der Waals surface area contributed by atoms with Gasteiger partial charge in [-0.3, -0.25) is 9.78 Å². The van der Waals surface area contributed by atoms with Crippen molar-refractivity contribution in [2.75, 3.05) is 6.54 Å². The Bertz CT molecular complexity index is 838. The molecule has 0 atom stereocenters. The van der Waals surface area contributed by atoms with Crippen LogP contribution in [0.2, 0.25) is 0 Å². The van der Waals surface area contributed by atoms with Gasteiger partial charge in [0.25, 0.3) is 5.91 Å². The molecule has 0 radical (unpaired) electrons. The number of nitrogens with zero attached hydrogens (tertiary/aromatic N) is 3. The van der Waals surface area contributed by atoms with Gasteiger partial charge in [-0.2, -0.15) is 0 Å². The zero-order valence-electron chi connectivity index (χ0n) is 14.8. The summed E-state index contributed by atoms with van der Waals surface area (Å²) in [5.74, 6) is 0.460. The summed E-state index contributed by atoms with van der Waals surface area (Å²) in [4.78, 5) is 24.7. The molecular weight excluding hydrogens is 346 g/mol. The molecule has 3 rings (SSSR count). The topological polar surface area (TPSA) is 97.6 Å². The number of aliphatic imine (C=N–C) groups is 1. The summed E-state index contributed by atoms with van der Waals surface area (Å²) in [5.41, 5.74) is 14.9. The normalized spacial score (nSPS) is 13.5. The molecule has 4 N–H and O–H groups in total. The molecule has 0 unspecified atom stereocenters. The van der Waals surface area contributed by atoms with Gasteiger partial charge in [-0.15, -0.1) is 11.3 Å². The van der Waals surface area contributed by atoms with Crippen LogP contribution in [0.4, 0.5) is 5.69 Å². The molecule has 2 aromatic rings. The van der Waals surface area contributed by atoms with Crippen LogP contribution in [0.5, 0.6) is 0 Å². The van der Waals surface area contributed by atoms with Gasteiger partial charge in [0.1, 0.15) is 5.84 Å². The highest BCUT2D eigenvalue weighted by Crippen LogP contribution is 2.31. The number of hydrogen-bond acceptors (Lipinski definition) is 6. The highest BCUT2D eigenvalue weighted by Gasteiger charge is 2.22. The minimum absolute atomic E-state index is 0.00542. The Balaban J connectivity index is 1.83. The largest absolute Gasteiger partial charge is 0.387 e. The van der Waals surface area contributed by atoms with Crippen LogP contribution in [0, 0.1) is 0 Å². The maximum atomic E-state index is 13.2. The smallest absolute Gasteiger partial charge is 0.250 e. The number of carbonyl (C=O) groups is 1. The molecule has 0 saturated heterocycles. The monoisotopic (exact) mass is 369 g/mol. The summed E-state index contributed by atoms with van der Waals surface area (Å²) < 4.78 is 0. The molecule has 1 aliphatic heterocycles. The number of nitrogens with two attached hydrogens (primary N) is 2. The van der Waals surface area contributed by atoms with Crippen molar-refractivity contribution >= 4 is 34.8 Å². The molecule has 6 nitrogen and oxygen atoms in total. The molecule has 136 valence electrons. The van der Waals surface area contributed by atoms with Crippen LogP contribution in [0.25, 0.3) is 6.08 Å². The minimum Gasteiger partial charge on any atom is -0.387 e. The van der Waals surface area contributed by atoms with E-state index in [1.807, 2.05) is 34.6 Å². The molecule has 0 fully saturated rings. The summed E-state index contributed by atoms with van der Waals surface area (Å²) in [5, 5.41) is 1.96. The third-order valence-corrected chi connectivity index (χ3v) is 4.99. The molecule has 0 saturated carbocycles. The fraction of sp³-hybridized carbons (Fsp3) is 0.316. The molecule has 0 aromatic carbocycles. The van der Waals surface area contributed by atoms with Gasteiger partial charge in [-0.05, 0) is 35.6 Å². The predicted octanol–water partition coefficient (Wildman–Crippen LogP) is 2.82. The van der Waals surface area contributed by atoms with Gasteiger partial charge < -0.3 is 16.4 Å². The number of amides is 1. The predicted molar refractivity (Wildman–Crippen MR) is 106 cm³/mol. The van der Waals surface area contributed by atoms with Crippen LogP contribution in [-0.2, 0) is 17.9 Å². The second-order valence-electron chi connectivity index (χ2n) is 6.21. The van der Waals surface area contributed by atoms with Crippen LogP contribution >= 0.6 is 11.3 Å².